The summed E-state index contributed by atoms with van der Waals surface area (Å²) in [7, 11) is 3.14. The Morgan fingerprint density at radius 1 is 1.24 bits per heavy atom. The molecule has 0 amide bonds. The third-order valence-corrected chi connectivity index (χ3v) is 2.60. The van der Waals surface area contributed by atoms with Crippen LogP contribution in [0.25, 0.3) is 0 Å². The number of hydrogen-bond donors (Lipinski definition) is 3. The van der Waals surface area contributed by atoms with E-state index >= 15 is 0 Å². The zero-order valence-electron chi connectivity index (χ0n) is 10.3. The van der Waals surface area contributed by atoms with Crippen LogP contribution in [0.3, 0.4) is 0 Å². The van der Waals surface area contributed by atoms with Gasteiger partial charge in [0, 0.05) is 38.4 Å². The van der Waals surface area contributed by atoms with Gasteiger partial charge in [0.25, 0.3) is 0 Å². The van der Waals surface area contributed by atoms with Gasteiger partial charge in [-0.2, -0.15) is 0 Å². The van der Waals surface area contributed by atoms with E-state index in [1.54, 1.807) is 20.3 Å². The maximum absolute atomic E-state index is 9.68. The van der Waals surface area contributed by atoms with Crippen molar-refractivity contribution >= 4 is 0 Å². The van der Waals surface area contributed by atoms with Crippen molar-refractivity contribution in [2.24, 2.45) is 0 Å². The smallest absolute Gasteiger partial charge is 0.169 e. The summed E-state index contributed by atoms with van der Waals surface area (Å²) < 4.78 is 10.1. The lowest BCUT2D eigenvalue weighted by Gasteiger charge is -2.19. The van der Waals surface area contributed by atoms with Gasteiger partial charge in [0.1, 0.15) is 11.5 Å². The summed E-state index contributed by atoms with van der Waals surface area (Å²) in [5, 5.41) is 22.0. The predicted molar refractivity (Wildman–Crippen MR) is 64.0 cm³/mol. The molecule has 0 fully saturated rings. The average Bonchev–Trinajstić information content (AvgIpc) is 2.30. The lowest BCUT2D eigenvalue weighted by molar-refractivity contribution is -0.0997. The number of aromatic hydroxyl groups is 2. The fourth-order valence-electron chi connectivity index (χ4n) is 1.54. The summed E-state index contributed by atoms with van der Waals surface area (Å²) in [5.41, 5.74) is 0.716. The van der Waals surface area contributed by atoms with Gasteiger partial charge in [-0.1, -0.05) is 6.07 Å². The molecular weight excluding hydrogens is 222 g/mol. The van der Waals surface area contributed by atoms with Crippen molar-refractivity contribution in [2.75, 3.05) is 20.8 Å². The third-order valence-electron chi connectivity index (χ3n) is 2.60. The molecule has 5 heteroatoms. The zero-order valence-corrected chi connectivity index (χ0v) is 10.3. The molecule has 17 heavy (non-hydrogen) atoms. The number of benzene rings is 1. The highest BCUT2D eigenvalue weighted by Gasteiger charge is 2.12. The van der Waals surface area contributed by atoms with Crippen molar-refractivity contribution in [3.05, 3.63) is 23.8 Å². The van der Waals surface area contributed by atoms with Gasteiger partial charge in [-0.25, -0.2) is 0 Å². The van der Waals surface area contributed by atoms with Crippen LogP contribution in [-0.4, -0.2) is 37.3 Å². The lowest BCUT2D eigenvalue weighted by Crippen LogP contribution is -2.31. The van der Waals surface area contributed by atoms with E-state index in [9.17, 15) is 10.2 Å². The molecule has 96 valence electrons. The molecule has 0 spiro atoms. The van der Waals surface area contributed by atoms with Crippen molar-refractivity contribution < 1.29 is 19.7 Å². The van der Waals surface area contributed by atoms with E-state index in [2.05, 4.69) is 5.32 Å². The molecule has 0 aromatic heterocycles. The topological polar surface area (TPSA) is 71.0 Å². The molecule has 0 aliphatic carbocycles. The molecule has 1 aromatic rings. The second kappa shape index (κ2) is 6.44. The molecule has 1 aromatic carbocycles. The first-order valence-electron chi connectivity index (χ1n) is 5.39. The number of rotatable bonds is 6. The van der Waals surface area contributed by atoms with Crippen LogP contribution >= 0.6 is 0 Å². The van der Waals surface area contributed by atoms with Gasteiger partial charge in [-0.3, -0.25) is 0 Å². The lowest BCUT2D eigenvalue weighted by atomic mass is 10.1. The van der Waals surface area contributed by atoms with Crippen molar-refractivity contribution in [1.82, 2.24) is 5.32 Å². The van der Waals surface area contributed by atoms with Gasteiger partial charge in [-0.15, -0.1) is 0 Å². The zero-order chi connectivity index (χ0) is 12.8. The summed E-state index contributed by atoms with van der Waals surface area (Å²) in [5.74, 6) is 0.112. The minimum absolute atomic E-state index is 0.0464. The van der Waals surface area contributed by atoms with Crippen LogP contribution in [0.5, 0.6) is 11.5 Å². The minimum Gasteiger partial charge on any atom is -0.508 e. The Kier molecular flexibility index (Phi) is 5.21. The normalized spacial score (nSPS) is 12.9. The number of phenolic OH excluding ortho intramolecular Hbond substituents is 2. The second-order valence-electron chi connectivity index (χ2n) is 3.77. The molecular formula is C12H19NO4. The Labute approximate surface area is 101 Å². The number of ether oxygens (including phenoxy) is 2. The molecule has 0 radical (unpaired) electrons. The first-order valence-corrected chi connectivity index (χ1v) is 5.39. The largest absolute Gasteiger partial charge is 0.508 e. The van der Waals surface area contributed by atoms with Crippen LogP contribution in [-0.2, 0) is 9.47 Å². The molecule has 1 atom stereocenters. The summed E-state index contributed by atoms with van der Waals surface area (Å²) in [4.78, 5) is 0. The number of nitrogens with one attached hydrogen (secondary N) is 1. The maximum atomic E-state index is 9.68. The van der Waals surface area contributed by atoms with E-state index in [1.165, 1.54) is 12.1 Å². The molecule has 1 unspecified atom stereocenters. The van der Waals surface area contributed by atoms with Crippen LogP contribution < -0.4 is 5.32 Å². The molecule has 0 aliphatic rings. The number of hydrogen-bond acceptors (Lipinski definition) is 5. The Hall–Kier alpha value is -1.30. The summed E-state index contributed by atoms with van der Waals surface area (Å²) in [6.07, 6.45) is -0.322. The van der Waals surface area contributed by atoms with Crippen LogP contribution in [0.1, 0.15) is 18.5 Å². The van der Waals surface area contributed by atoms with Crippen molar-refractivity contribution in [3.63, 3.8) is 0 Å². The van der Waals surface area contributed by atoms with Gasteiger partial charge in [0.15, 0.2) is 6.29 Å². The third kappa shape index (κ3) is 3.89. The number of methoxy groups -OCH3 is 2. The highest BCUT2D eigenvalue weighted by atomic mass is 16.7. The predicted octanol–water partition coefficient (Wildman–Crippen LogP) is 1.37. The number of phenols is 2. The molecule has 0 saturated heterocycles. The standard InChI is InChI=1S/C12H19NO4/c1-8(13-7-12(16-2)17-3)10-5-4-9(14)6-11(10)15/h4-6,8,12-15H,7H2,1-3H3. The molecule has 5 nitrogen and oxygen atoms in total. The summed E-state index contributed by atoms with van der Waals surface area (Å²) in [6, 6.07) is 4.47. The fraction of sp³-hybridized carbons (Fsp3) is 0.500. The van der Waals surface area contributed by atoms with Crippen LogP contribution in [0.15, 0.2) is 18.2 Å². The van der Waals surface area contributed by atoms with E-state index in [0.717, 1.165) is 0 Å². The van der Waals surface area contributed by atoms with Gasteiger partial charge in [0.05, 0.1) is 0 Å². The van der Waals surface area contributed by atoms with Crippen LogP contribution in [0, 0.1) is 0 Å². The van der Waals surface area contributed by atoms with E-state index in [4.69, 9.17) is 9.47 Å². The van der Waals surface area contributed by atoms with Crippen LogP contribution in [0.4, 0.5) is 0 Å². The molecule has 0 heterocycles. The fourth-order valence-corrected chi connectivity index (χ4v) is 1.54. The highest BCUT2D eigenvalue weighted by molar-refractivity contribution is 5.40. The van der Waals surface area contributed by atoms with E-state index in [0.29, 0.717) is 12.1 Å². The highest BCUT2D eigenvalue weighted by Crippen LogP contribution is 2.27. The van der Waals surface area contributed by atoms with Crippen molar-refractivity contribution in [3.8, 4) is 11.5 Å². The SMILES string of the molecule is COC(CNC(C)c1ccc(O)cc1O)OC. The quantitative estimate of drug-likeness (QED) is 0.656. The monoisotopic (exact) mass is 241 g/mol. The molecule has 3 N–H and O–H groups in total. The Balaban J connectivity index is 2.60. The summed E-state index contributed by atoms with van der Waals surface area (Å²) in [6.45, 7) is 2.42. The Morgan fingerprint density at radius 3 is 2.41 bits per heavy atom. The molecule has 0 aliphatic heterocycles. The van der Waals surface area contributed by atoms with Crippen molar-refractivity contribution in [1.29, 1.82) is 0 Å². The summed E-state index contributed by atoms with van der Waals surface area (Å²) >= 11 is 0. The van der Waals surface area contributed by atoms with Gasteiger partial charge in [-0.05, 0) is 13.0 Å². The van der Waals surface area contributed by atoms with Gasteiger partial charge < -0.3 is 25.0 Å². The second-order valence-corrected chi connectivity index (χ2v) is 3.77. The Morgan fingerprint density at radius 2 is 1.88 bits per heavy atom. The van der Waals surface area contributed by atoms with Crippen molar-refractivity contribution in [2.45, 2.75) is 19.3 Å². The molecule has 1 rings (SSSR count). The van der Waals surface area contributed by atoms with E-state index in [-0.39, 0.29) is 23.8 Å². The molecule has 0 saturated carbocycles. The van der Waals surface area contributed by atoms with E-state index < -0.39 is 0 Å². The average molecular weight is 241 g/mol. The minimum atomic E-state index is -0.322. The van der Waals surface area contributed by atoms with E-state index in [1.807, 2.05) is 6.92 Å². The Bertz CT molecular complexity index is 352. The molecule has 0 bridgehead atoms. The maximum Gasteiger partial charge on any atom is 0.169 e. The van der Waals surface area contributed by atoms with Crippen LogP contribution in [0.2, 0.25) is 0 Å². The first kappa shape index (κ1) is 13.8. The first-order chi connectivity index (χ1) is 8.08. The van der Waals surface area contributed by atoms with Gasteiger partial charge in [0.2, 0.25) is 0 Å². The van der Waals surface area contributed by atoms with Gasteiger partial charge >= 0.3 is 0 Å².